The van der Waals surface area contributed by atoms with Crippen molar-refractivity contribution >= 4 is 12.2 Å². The number of carbonyl (C=O) groups excluding carboxylic acids is 1. The maximum atomic E-state index is 10.3. The molecule has 1 rings (SSSR count). The van der Waals surface area contributed by atoms with Gasteiger partial charge in [-0.1, -0.05) is 6.92 Å². The van der Waals surface area contributed by atoms with Crippen LogP contribution in [-0.2, 0) is 0 Å². The maximum Gasteiger partial charge on any atom is 0.223 e. The van der Waals surface area contributed by atoms with Gasteiger partial charge in [0.2, 0.25) is 5.95 Å². The van der Waals surface area contributed by atoms with E-state index in [-0.39, 0.29) is 0 Å². The van der Waals surface area contributed by atoms with Gasteiger partial charge in [0.25, 0.3) is 0 Å². The predicted molar refractivity (Wildman–Crippen MR) is 46.2 cm³/mol. The molecule has 1 N–H and O–H groups in total. The second-order valence-corrected chi connectivity index (χ2v) is 2.35. The number of hydrogen-bond acceptors (Lipinski definition) is 4. The lowest BCUT2D eigenvalue weighted by atomic mass is 10.4. The number of nitrogens with zero attached hydrogens (tertiary/aromatic N) is 2. The topological polar surface area (TPSA) is 54.9 Å². The Balaban J connectivity index is 2.66. The first-order chi connectivity index (χ1) is 5.86. The predicted octanol–water partition coefficient (Wildman–Crippen LogP) is 1.11. The number of anilines is 1. The normalized spacial score (nSPS) is 9.42. The van der Waals surface area contributed by atoms with Gasteiger partial charge in [-0.2, -0.15) is 0 Å². The minimum absolute atomic E-state index is 0.406. The lowest BCUT2D eigenvalue weighted by molar-refractivity contribution is 0.111. The smallest absolute Gasteiger partial charge is 0.223 e. The van der Waals surface area contributed by atoms with E-state index in [9.17, 15) is 4.79 Å². The highest BCUT2D eigenvalue weighted by atomic mass is 16.1. The molecule has 0 saturated heterocycles. The third-order valence-electron chi connectivity index (χ3n) is 1.33. The Bertz CT molecular complexity index is 262. The molecule has 0 aliphatic heterocycles. The number of nitrogens with one attached hydrogen (secondary N) is 1. The standard InChI is InChI=1S/C8H11N3O/c1-2-4-9-8-10-5-3-7(6-12)11-8/h3,5-6H,2,4H2,1H3,(H,9,10,11). The summed E-state index contributed by atoms with van der Waals surface area (Å²) in [6.07, 6.45) is 3.28. The average Bonchev–Trinajstić information content (AvgIpc) is 2.15. The average molecular weight is 165 g/mol. The Kier molecular flexibility index (Phi) is 3.19. The molecule has 0 saturated carbocycles. The summed E-state index contributed by atoms with van der Waals surface area (Å²) in [4.78, 5) is 18.2. The zero-order valence-corrected chi connectivity index (χ0v) is 6.95. The first-order valence-corrected chi connectivity index (χ1v) is 3.89. The molecule has 0 bridgehead atoms. The Hall–Kier alpha value is -1.45. The molecule has 0 radical (unpaired) electrons. The maximum absolute atomic E-state index is 10.3. The van der Waals surface area contributed by atoms with E-state index in [2.05, 4.69) is 22.2 Å². The zero-order valence-electron chi connectivity index (χ0n) is 6.95. The van der Waals surface area contributed by atoms with Crippen molar-refractivity contribution in [2.24, 2.45) is 0 Å². The van der Waals surface area contributed by atoms with Crippen molar-refractivity contribution in [1.82, 2.24) is 9.97 Å². The number of carbonyl (C=O) groups is 1. The van der Waals surface area contributed by atoms with Crippen molar-refractivity contribution in [3.8, 4) is 0 Å². The molecule has 0 aliphatic carbocycles. The van der Waals surface area contributed by atoms with E-state index < -0.39 is 0 Å². The molecular weight excluding hydrogens is 154 g/mol. The zero-order chi connectivity index (χ0) is 8.81. The molecule has 64 valence electrons. The van der Waals surface area contributed by atoms with Crippen molar-refractivity contribution in [3.63, 3.8) is 0 Å². The molecule has 0 fully saturated rings. The van der Waals surface area contributed by atoms with Gasteiger partial charge < -0.3 is 5.32 Å². The first-order valence-electron chi connectivity index (χ1n) is 3.89. The molecular formula is C8H11N3O. The molecule has 0 spiro atoms. The van der Waals surface area contributed by atoms with Crippen LogP contribution >= 0.6 is 0 Å². The summed E-state index contributed by atoms with van der Waals surface area (Å²) in [6, 6.07) is 1.57. The van der Waals surface area contributed by atoms with Gasteiger partial charge in [-0.15, -0.1) is 0 Å². The highest BCUT2D eigenvalue weighted by Gasteiger charge is 1.95. The number of aldehydes is 1. The molecule has 4 nitrogen and oxygen atoms in total. The molecule has 1 heterocycles. The van der Waals surface area contributed by atoms with Crippen LogP contribution in [-0.4, -0.2) is 22.8 Å². The minimum atomic E-state index is 0.406. The van der Waals surface area contributed by atoms with Crippen molar-refractivity contribution < 1.29 is 4.79 Å². The summed E-state index contributed by atoms with van der Waals surface area (Å²) in [7, 11) is 0. The van der Waals surface area contributed by atoms with Gasteiger partial charge in [-0.25, -0.2) is 9.97 Å². The van der Waals surface area contributed by atoms with Crippen LogP contribution in [0, 0.1) is 0 Å². The molecule has 0 atom stereocenters. The van der Waals surface area contributed by atoms with Crippen molar-refractivity contribution in [3.05, 3.63) is 18.0 Å². The van der Waals surface area contributed by atoms with Crippen LogP contribution in [0.25, 0.3) is 0 Å². The first kappa shape index (κ1) is 8.64. The summed E-state index contributed by atoms with van der Waals surface area (Å²) in [5.41, 5.74) is 0.406. The molecule has 1 aromatic rings. The van der Waals surface area contributed by atoms with Crippen LogP contribution in [0.2, 0.25) is 0 Å². The quantitative estimate of drug-likeness (QED) is 0.679. The van der Waals surface area contributed by atoms with Gasteiger partial charge in [0, 0.05) is 12.7 Å². The van der Waals surface area contributed by atoms with Crippen LogP contribution in [0.15, 0.2) is 12.3 Å². The Morgan fingerprint density at radius 3 is 3.17 bits per heavy atom. The number of aromatic nitrogens is 2. The SMILES string of the molecule is CCCNc1nccc(C=O)n1. The second kappa shape index (κ2) is 4.43. The monoisotopic (exact) mass is 165 g/mol. The van der Waals surface area contributed by atoms with E-state index in [1.54, 1.807) is 12.3 Å². The van der Waals surface area contributed by atoms with Crippen molar-refractivity contribution in [1.29, 1.82) is 0 Å². The van der Waals surface area contributed by atoms with E-state index in [0.29, 0.717) is 17.9 Å². The summed E-state index contributed by atoms with van der Waals surface area (Å²) in [5.74, 6) is 0.515. The van der Waals surface area contributed by atoms with Gasteiger partial charge in [-0.05, 0) is 12.5 Å². The second-order valence-electron chi connectivity index (χ2n) is 2.35. The van der Waals surface area contributed by atoms with Crippen LogP contribution in [0.4, 0.5) is 5.95 Å². The van der Waals surface area contributed by atoms with Crippen molar-refractivity contribution in [2.75, 3.05) is 11.9 Å². The Labute approximate surface area is 71.0 Å². The third-order valence-corrected chi connectivity index (χ3v) is 1.33. The lowest BCUT2D eigenvalue weighted by Gasteiger charge is -2.01. The fraction of sp³-hybridized carbons (Fsp3) is 0.375. The highest BCUT2D eigenvalue weighted by molar-refractivity contribution is 5.71. The van der Waals surface area contributed by atoms with Gasteiger partial charge >= 0.3 is 0 Å². The van der Waals surface area contributed by atoms with Gasteiger partial charge in [0.15, 0.2) is 6.29 Å². The van der Waals surface area contributed by atoms with Crippen molar-refractivity contribution in [2.45, 2.75) is 13.3 Å². The summed E-state index contributed by atoms with van der Waals surface area (Å²) in [6.45, 7) is 2.87. The van der Waals surface area contributed by atoms with Gasteiger partial charge in [0.05, 0.1) is 0 Å². The number of rotatable bonds is 4. The molecule has 0 unspecified atom stereocenters. The van der Waals surface area contributed by atoms with E-state index in [1.807, 2.05) is 0 Å². The van der Waals surface area contributed by atoms with E-state index in [0.717, 1.165) is 13.0 Å². The number of hydrogen-bond donors (Lipinski definition) is 1. The fourth-order valence-electron chi connectivity index (χ4n) is 0.760. The molecule has 1 aromatic heterocycles. The summed E-state index contributed by atoms with van der Waals surface area (Å²) >= 11 is 0. The van der Waals surface area contributed by atoms with E-state index in [1.165, 1.54) is 0 Å². The Morgan fingerprint density at radius 2 is 2.50 bits per heavy atom. The fourth-order valence-corrected chi connectivity index (χ4v) is 0.760. The Morgan fingerprint density at radius 1 is 1.67 bits per heavy atom. The minimum Gasteiger partial charge on any atom is -0.354 e. The van der Waals surface area contributed by atoms with Crippen LogP contribution in [0.3, 0.4) is 0 Å². The van der Waals surface area contributed by atoms with Crippen LogP contribution in [0.1, 0.15) is 23.8 Å². The van der Waals surface area contributed by atoms with Crippen LogP contribution in [0.5, 0.6) is 0 Å². The van der Waals surface area contributed by atoms with E-state index >= 15 is 0 Å². The third kappa shape index (κ3) is 2.30. The van der Waals surface area contributed by atoms with E-state index in [4.69, 9.17) is 0 Å². The lowest BCUT2D eigenvalue weighted by Crippen LogP contribution is -2.04. The molecule has 0 aromatic carbocycles. The molecule has 4 heteroatoms. The van der Waals surface area contributed by atoms with Gasteiger partial charge in [0.1, 0.15) is 5.69 Å². The molecule has 12 heavy (non-hydrogen) atoms. The van der Waals surface area contributed by atoms with Crippen LogP contribution < -0.4 is 5.32 Å². The summed E-state index contributed by atoms with van der Waals surface area (Å²) < 4.78 is 0. The molecule has 0 amide bonds. The summed E-state index contributed by atoms with van der Waals surface area (Å²) in [5, 5.41) is 2.99. The van der Waals surface area contributed by atoms with Gasteiger partial charge in [-0.3, -0.25) is 4.79 Å². The molecule has 0 aliphatic rings. The highest BCUT2D eigenvalue weighted by Crippen LogP contribution is 1.97. The largest absolute Gasteiger partial charge is 0.354 e.